The molecule has 0 amide bonds. The summed E-state index contributed by atoms with van der Waals surface area (Å²) in [7, 11) is 0. The molecule has 0 aliphatic carbocycles. The Balaban J connectivity index is 2.17. The molecular weight excluding hydrogens is 297 g/mol. The highest BCUT2D eigenvalue weighted by molar-refractivity contribution is 6.36. The van der Waals surface area contributed by atoms with E-state index in [0.29, 0.717) is 6.42 Å². The zero-order chi connectivity index (χ0) is 16.4. The summed E-state index contributed by atoms with van der Waals surface area (Å²) in [5, 5.41) is 13.0. The number of hydrogen-bond acceptors (Lipinski definition) is 3. The van der Waals surface area contributed by atoms with Crippen molar-refractivity contribution in [2.24, 2.45) is 5.16 Å². The highest BCUT2D eigenvalue weighted by atomic mass is 19.1. The zero-order valence-corrected chi connectivity index (χ0v) is 12.6. The highest BCUT2D eigenvalue weighted by Crippen LogP contribution is 2.43. The lowest BCUT2D eigenvalue weighted by Crippen LogP contribution is -2.30. The van der Waals surface area contributed by atoms with E-state index >= 15 is 0 Å². The number of carboxylic acid groups (broad SMARTS) is 1. The number of aryl methyl sites for hydroxylation is 1. The van der Waals surface area contributed by atoms with Crippen molar-refractivity contribution in [3.63, 3.8) is 0 Å². The van der Waals surface area contributed by atoms with Crippen molar-refractivity contribution in [2.45, 2.75) is 25.4 Å². The summed E-state index contributed by atoms with van der Waals surface area (Å²) in [5.41, 5.74) is 1.23. The van der Waals surface area contributed by atoms with Crippen LogP contribution in [0.1, 0.15) is 30.0 Å². The van der Waals surface area contributed by atoms with Gasteiger partial charge in [-0.2, -0.15) is 0 Å². The van der Waals surface area contributed by atoms with E-state index in [9.17, 15) is 14.3 Å². The van der Waals surface area contributed by atoms with Gasteiger partial charge in [-0.25, -0.2) is 9.18 Å². The second-order valence-corrected chi connectivity index (χ2v) is 5.46. The summed E-state index contributed by atoms with van der Waals surface area (Å²) < 4.78 is 13.6. The standard InChI is InChI=1S/C18H16FNO3/c1-2-12-10-14(19)8-9-15(12)18(13-6-4-3-5-7-13)11-16(17(21)22)20-23-18/h3-10H,2,11H2,1H3,(H,21,22). The molecular formula is C18H16FNO3. The topological polar surface area (TPSA) is 58.9 Å². The Bertz CT molecular complexity index is 773. The maximum Gasteiger partial charge on any atom is 0.353 e. The van der Waals surface area contributed by atoms with Gasteiger partial charge in [-0.3, -0.25) is 0 Å². The van der Waals surface area contributed by atoms with Crippen LogP contribution in [0.3, 0.4) is 0 Å². The average molecular weight is 313 g/mol. The zero-order valence-electron chi connectivity index (χ0n) is 12.6. The maximum atomic E-state index is 13.6. The number of oxime groups is 1. The van der Waals surface area contributed by atoms with Crippen LogP contribution in [-0.2, 0) is 21.7 Å². The first kappa shape index (κ1) is 15.2. The molecule has 0 aromatic heterocycles. The van der Waals surface area contributed by atoms with Crippen molar-refractivity contribution in [2.75, 3.05) is 0 Å². The fraction of sp³-hybridized carbons (Fsp3) is 0.222. The number of carboxylic acids is 1. The predicted molar refractivity (Wildman–Crippen MR) is 83.8 cm³/mol. The third-order valence-electron chi connectivity index (χ3n) is 4.10. The molecule has 23 heavy (non-hydrogen) atoms. The van der Waals surface area contributed by atoms with E-state index < -0.39 is 11.6 Å². The predicted octanol–water partition coefficient (Wildman–Crippen LogP) is 3.49. The minimum absolute atomic E-state index is 0.0415. The second-order valence-electron chi connectivity index (χ2n) is 5.46. The fourth-order valence-corrected chi connectivity index (χ4v) is 2.96. The molecule has 1 atom stereocenters. The first-order valence-electron chi connectivity index (χ1n) is 7.39. The fourth-order valence-electron chi connectivity index (χ4n) is 2.96. The number of hydrogen-bond donors (Lipinski definition) is 1. The molecule has 118 valence electrons. The van der Waals surface area contributed by atoms with Crippen LogP contribution in [-0.4, -0.2) is 16.8 Å². The van der Waals surface area contributed by atoms with Crippen LogP contribution in [0.5, 0.6) is 0 Å². The molecule has 5 heteroatoms. The van der Waals surface area contributed by atoms with Crippen molar-refractivity contribution in [3.8, 4) is 0 Å². The first-order valence-corrected chi connectivity index (χ1v) is 7.39. The Kier molecular flexibility index (Phi) is 3.86. The Hall–Kier alpha value is -2.69. The van der Waals surface area contributed by atoms with Crippen LogP contribution in [0, 0.1) is 5.82 Å². The van der Waals surface area contributed by atoms with Crippen LogP contribution >= 0.6 is 0 Å². The van der Waals surface area contributed by atoms with Gasteiger partial charge in [0.15, 0.2) is 11.3 Å². The molecule has 2 aromatic carbocycles. The number of nitrogens with zero attached hydrogens (tertiary/aromatic N) is 1. The van der Waals surface area contributed by atoms with E-state index in [0.717, 1.165) is 16.7 Å². The van der Waals surface area contributed by atoms with Gasteiger partial charge < -0.3 is 9.94 Å². The SMILES string of the molecule is CCc1cc(F)ccc1C1(c2ccccc2)CC(C(=O)O)=NO1. The molecule has 0 fully saturated rings. The van der Waals surface area contributed by atoms with Crippen LogP contribution < -0.4 is 0 Å². The average Bonchev–Trinajstić information content (AvgIpc) is 3.02. The monoisotopic (exact) mass is 313 g/mol. The molecule has 3 rings (SSSR count). The smallest absolute Gasteiger partial charge is 0.353 e. The Morgan fingerprint density at radius 2 is 2.04 bits per heavy atom. The minimum Gasteiger partial charge on any atom is -0.477 e. The molecule has 0 spiro atoms. The Labute approximate surface area is 133 Å². The van der Waals surface area contributed by atoms with E-state index in [1.54, 1.807) is 6.07 Å². The highest BCUT2D eigenvalue weighted by Gasteiger charge is 2.45. The van der Waals surface area contributed by atoms with Gasteiger partial charge in [-0.15, -0.1) is 0 Å². The van der Waals surface area contributed by atoms with Crippen molar-refractivity contribution < 1.29 is 19.1 Å². The van der Waals surface area contributed by atoms with Gasteiger partial charge in [0, 0.05) is 11.1 Å². The molecule has 1 heterocycles. The van der Waals surface area contributed by atoms with Gasteiger partial charge in [-0.05, 0) is 24.1 Å². The summed E-state index contributed by atoms with van der Waals surface area (Å²) in [4.78, 5) is 16.9. The number of aliphatic carboxylic acids is 1. The maximum absolute atomic E-state index is 13.6. The molecule has 4 nitrogen and oxygen atoms in total. The third kappa shape index (κ3) is 2.59. The van der Waals surface area contributed by atoms with Gasteiger partial charge in [0.25, 0.3) is 0 Å². The van der Waals surface area contributed by atoms with Gasteiger partial charge >= 0.3 is 5.97 Å². The molecule has 0 saturated carbocycles. The molecule has 2 aromatic rings. The molecule has 1 aliphatic heterocycles. The van der Waals surface area contributed by atoms with E-state index in [2.05, 4.69) is 5.16 Å². The van der Waals surface area contributed by atoms with Crippen LogP contribution in [0.15, 0.2) is 53.7 Å². The lowest BCUT2D eigenvalue weighted by Gasteiger charge is -2.29. The van der Waals surface area contributed by atoms with Crippen molar-refractivity contribution in [3.05, 3.63) is 71.0 Å². The lowest BCUT2D eigenvalue weighted by atomic mass is 9.80. The largest absolute Gasteiger partial charge is 0.477 e. The van der Waals surface area contributed by atoms with Crippen molar-refractivity contribution in [1.82, 2.24) is 0 Å². The third-order valence-corrected chi connectivity index (χ3v) is 4.10. The molecule has 1 unspecified atom stereocenters. The quantitative estimate of drug-likeness (QED) is 0.940. The summed E-state index contributed by atoms with van der Waals surface area (Å²) >= 11 is 0. The number of benzene rings is 2. The van der Waals surface area contributed by atoms with E-state index in [-0.39, 0.29) is 17.9 Å². The van der Waals surface area contributed by atoms with Crippen LogP contribution in [0.4, 0.5) is 4.39 Å². The van der Waals surface area contributed by atoms with Crippen LogP contribution in [0.25, 0.3) is 0 Å². The normalized spacial score (nSPS) is 20.0. The Morgan fingerprint density at radius 3 is 2.65 bits per heavy atom. The second kappa shape index (κ2) is 5.83. The molecule has 0 radical (unpaired) electrons. The summed E-state index contributed by atoms with van der Waals surface area (Å²) in [6.07, 6.45) is 0.707. The van der Waals surface area contributed by atoms with E-state index in [1.165, 1.54) is 12.1 Å². The lowest BCUT2D eigenvalue weighted by molar-refractivity contribution is -0.129. The van der Waals surface area contributed by atoms with E-state index in [4.69, 9.17) is 4.84 Å². The molecule has 0 saturated heterocycles. The van der Waals surface area contributed by atoms with Gasteiger partial charge in [0.05, 0.1) is 6.42 Å². The van der Waals surface area contributed by atoms with Crippen molar-refractivity contribution >= 4 is 11.7 Å². The minimum atomic E-state index is -1.11. The van der Waals surface area contributed by atoms with Crippen LogP contribution in [0.2, 0.25) is 0 Å². The van der Waals surface area contributed by atoms with Gasteiger partial charge in [0.1, 0.15) is 5.82 Å². The molecule has 0 bridgehead atoms. The van der Waals surface area contributed by atoms with Gasteiger partial charge in [0.2, 0.25) is 0 Å². The summed E-state index contributed by atoms with van der Waals surface area (Å²) in [6.45, 7) is 1.92. The number of rotatable bonds is 4. The van der Waals surface area contributed by atoms with Gasteiger partial charge in [-0.1, -0.05) is 48.5 Å². The number of carbonyl (C=O) groups is 1. The number of halogens is 1. The molecule has 1 N–H and O–H groups in total. The van der Waals surface area contributed by atoms with Crippen molar-refractivity contribution in [1.29, 1.82) is 0 Å². The van der Waals surface area contributed by atoms with E-state index in [1.807, 2.05) is 37.3 Å². The Morgan fingerprint density at radius 1 is 1.30 bits per heavy atom. The first-order chi connectivity index (χ1) is 11.1. The summed E-state index contributed by atoms with van der Waals surface area (Å²) in [5.74, 6) is -1.44. The summed E-state index contributed by atoms with van der Waals surface area (Å²) in [6, 6.07) is 13.8. The molecule has 1 aliphatic rings.